The van der Waals surface area contributed by atoms with Crippen LogP contribution < -0.4 is 5.32 Å². The van der Waals surface area contributed by atoms with Crippen LogP contribution in [0.5, 0.6) is 0 Å². The highest BCUT2D eigenvalue weighted by Crippen LogP contribution is 2.31. The van der Waals surface area contributed by atoms with Gasteiger partial charge in [-0.2, -0.15) is 0 Å². The molecule has 1 amide bonds. The van der Waals surface area contributed by atoms with Crippen LogP contribution in [0.3, 0.4) is 0 Å². The second kappa shape index (κ2) is 7.47. The Morgan fingerprint density at radius 2 is 2.12 bits per heavy atom. The number of hydrogen-bond donors (Lipinski definition) is 2. The van der Waals surface area contributed by atoms with Gasteiger partial charge in [0.1, 0.15) is 5.82 Å². The van der Waals surface area contributed by atoms with Gasteiger partial charge in [0.2, 0.25) is 5.91 Å². The minimum atomic E-state index is -0.266. The van der Waals surface area contributed by atoms with Gasteiger partial charge in [0, 0.05) is 29.6 Å². The summed E-state index contributed by atoms with van der Waals surface area (Å²) in [7, 11) is 0. The number of hydrogen-bond acceptors (Lipinski definition) is 2. The van der Waals surface area contributed by atoms with Gasteiger partial charge in [-0.05, 0) is 62.6 Å². The van der Waals surface area contributed by atoms with E-state index in [9.17, 15) is 9.18 Å². The van der Waals surface area contributed by atoms with E-state index in [-0.39, 0.29) is 17.8 Å². The Morgan fingerprint density at radius 3 is 2.84 bits per heavy atom. The van der Waals surface area contributed by atoms with Crippen LogP contribution in [0.4, 0.5) is 4.39 Å². The zero-order chi connectivity index (χ0) is 17.8. The minimum Gasteiger partial charge on any atom is -0.354 e. The molecule has 0 atom stereocenters. The Morgan fingerprint density at radius 1 is 1.28 bits per heavy atom. The molecule has 0 saturated carbocycles. The number of aromatic nitrogens is 2. The van der Waals surface area contributed by atoms with Crippen molar-refractivity contribution in [3.8, 4) is 11.4 Å². The van der Waals surface area contributed by atoms with Gasteiger partial charge in [0.15, 0.2) is 0 Å². The number of rotatable bonds is 6. The summed E-state index contributed by atoms with van der Waals surface area (Å²) in [6, 6.07) is 10.6. The molecule has 0 aliphatic rings. The number of amides is 1. The first kappa shape index (κ1) is 17.1. The third kappa shape index (κ3) is 4.05. The van der Waals surface area contributed by atoms with Crippen LogP contribution in [-0.2, 0) is 11.2 Å². The zero-order valence-electron chi connectivity index (χ0n) is 14.5. The fourth-order valence-electron chi connectivity index (χ4n) is 3.03. The lowest BCUT2D eigenvalue weighted by molar-refractivity contribution is -0.121. The smallest absolute Gasteiger partial charge is 0.220 e. The number of pyridine rings is 1. The van der Waals surface area contributed by atoms with Gasteiger partial charge in [-0.1, -0.05) is 6.07 Å². The van der Waals surface area contributed by atoms with E-state index >= 15 is 0 Å². The van der Waals surface area contributed by atoms with Crippen molar-refractivity contribution in [2.24, 2.45) is 0 Å². The second-order valence-electron chi connectivity index (χ2n) is 6.46. The van der Waals surface area contributed by atoms with Crippen molar-refractivity contribution >= 4 is 16.8 Å². The number of fused-ring (bicyclic) bond motifs is 1. The van der Waals surface area contributed by atoms with E-state index in [0.717, 1.165) is 27.9 Å². The molecule has 2 aromatic heterocycles. The van der Waals surface area contributed by atoms with Crippen molar-refractivity contribution in [3.05, 3.63) is 54.0 Å². The minimum absolute atomic E-state index is 0.0420. The number of nitrogens with zero attached hydrogens (tertiary/aromatic N) is 1. The van der Waals surface area contributed by atoms with Crippen molar-refractivity contribution in [1.29, 1.82) is 0 Å². The van der Waals surface area contributed by atoms with E-state index in [1.807, 2.05) is 32.0 Å². The highest BCUT2D eigenvalue weighted by Gasteiger charge is 2.15. The van der Waals surface area contributed by atoms with Crippen LogP contribution in [0.2, 0.25) is 0 Å². The maximum Gasteiger partial charge on any atom is 0.220 e. The van der Waals surface area contributed by atoms with Gasteiger partial charge in [-0.3, -0.25) is 9.78 Å². The molecule has 1 aromatic carbocycles. The molecule has 0 saturated heterocycles. The fraction of sp³-hybridized carbons (Fsp3) is 0.300. The van der Waals surface area contributed by atoms with Crippen LogP contribution in [0.1, 0.15) is 32.3 Å². The molecule has 0 aliphatic heterocycles. The van der Waals surface area contributed by atoms with E-state index in [0.29, 0.717) is 19.3 Å². The third-order valence-electron chi connectivity index (χ3n) is 4.07. The topological polar surface area (TPSA) is 57.8 Å². The Kier molecular flexibility index (Phi) is 5.12. The third-order valence-corrected chi connectivity index (χ3v) is 4.07. The highest BCUT2D eigenvalue weighted by atomic mass is 19.1. The fourth-order valence-corrected chi connectivity index (χ4v) is 3.03. The van der Waals surface area contributed by atoms with Crippen LogP contribution >= 0.6 is 0 Å². The summed E-state index contributed by atoms with van der Waals surface area (Å²) in [5.74, 6) is -0.224. The average Bonchev–Trinajstić information content (AvgIpc) is 2.93. The number of carbonyl (C=O) groups excluding carboxylic acids is 1. The summed E-state index contributed by atoms with van der Waals surface area (Å²) >= 11 is 0. The molecule has 3 rings (SSSR count). The van der Waals surface area contributed by atoms with Crippen molar-refractivity contribution < 1.29 is 9.18 Å². The largest absolute Gasteiger partial charge is 0.354 e. The monoisotopic (exact) mass is 339 g/mol. The van der Waals surface area contributed by atoms with E-state index in [1.54, 1.807) is 18.3 Å². The number of aromatic amines is 1. The van der Waals surface area contributed by atoms with Crippen molar-refractivity contribution in [2.45, 2.75) is 39.2 Å². The molecule has 5 heteroatoms. The highest BCUT2D eigenvalue weighted by molar-refractivity contribution is 5.90. The first-order chi connectivity index (χ1) is 12.0. The van der Waals surface area contributed by atoms with Crippen molar-refractivity contribution in [3.63, 3.8) is 0 Å². The Bertz CT molecular complexity index is 871. The Hall–Kier alpha value is -2.69. The average molecular weight is 339 g/mol. The number of nitrogens with one attached hydrogen (secondary N) is 2. The quantitative estimate of drug-likeness (QED) is 0.706. The van der Waals surface area contributed by atoms with Crippen LogP contribution in [0, 0.1) is 5.82 Å². The molecule has 2 N–H and O–H groups in total. The van der Waals surface area contributed by atoms with Gasteiger partial charge in [-0.25, -0.2) is 4.39 Å². The zero-order valence-corrected chi connectivity index (χ0v) is 14.5. The predicted octanol–water partition coefficient (Wildman–Crippen LogP) is 4.22. The summed E-state index contributed by atoms with van der Waals surface area (Å²) < 4.78 is 13.7. The molecule has 4 nitrogen and oxygen atoms in total. The summed E-state index contributed by atoms with van der Waals surface area (Å²) in [5, 5.41) is 3.75. The Balaban J connectivity index is 1.89. The lowest BCUT2D eigenvalue weighted by atomic mass is 10.0. The van der Waals surface area contributed by atoms with E-state index in [2.05, 4.69) is 15.3 Å². The van der Waals surface area contributed by atoms with Gasteiger partial charge in [-0.15, -0.1) is 0 Å². The van der Waals surface area contributed by atoms with E-state index in [4.69, 9.17) is 0 Å². The molecule has 0 bridgehead atoms. The van der Waals surface area contributed by atoms with Crippen LogP contribution in [0.15, 0.2) is 42.6 Å². The molecule has 0 aliphatic carbocycles. The van der Waals surface area contributed by atoms with Gasteiger partial charge in [0.05, 0.1) is 11.4 Å². The molecular weight excluding hydrogens is 317 g/mol. The summed E-state index contributed by atoms with van der Waals surface area (Å²) in [4.78, 5) is 19.6. The van der Waals surface area contributed by atoms with Crippen molar-refractivity contribution in [1.82, 2.24) is 15.3 Å². The molecule has 3 aromatic rings. The molecule has 0 unspecified atom stereocenters. The van der Waals surface area contributed by atoms with Gasteiger partial charge in [0.25, 0.3) is 0 Å². The Labute approximate surface area is 146 Å². The molecule has 0 spiro atoms. The molecule has 25 heavy (non-hydrogen) atoms. The van der Waals surface area contributed by atoms with E-state index < -0.39 is 0 Å². The standard InChI is InChI=1S/C20H22FN3O/c1-13(2)23-19(25)8-5-6-15-16-12-14(21)9-10-17(16)24-20(15)18-7-3-4-11-22-18/h3-4,7,9-13,24H,5-6,8H2,1-2H3,(H,23,25). The molecule has 0 fully saturated rings. The van der Waals surface area contributed by atoms with Gasteiger partial charge >= 0.3 is 0 Å². The van der Waals surface area contributed by atoms with Gasteiger partial charge < -0.3 is 10.3 Å². The predicted molar refractivity (Wildman–Crippen MR) is 97.7 cm³/mol. The summed E-state index contributed by atoms with van der Waals surface area (Å²) in [6.07, 6.45) is 3.56. The summed E-state index contributed by atoms with van der Waals surface area (Å²) in [6.45, 7) is 3.89. The molecular formula is C20H22FN3O. The lowest BCUT2D eigenvalue weighted by Crippen LogP contribution is -2.29. The SMILES string of the molecule is CC(C)NC(=O)CCCc1c(-c2ccccn2)[nH]c2ccc(F)cc12. The number of aryl methyl sites for hydroxylation is 1. The first-order valence-electron chi connectivity index (χ1n) is 8.55. The number of benzene rings is 1. The van der Waals surface area contributed by atoms with Crippen molar-refractivity contribution in [2.75, 3.05) is 0 Å². The number of H-pyrrole nitrogens is 1. The maximum absolute atomic E-state index is 13.7. The lowest BCUT2D eigenvalue weighted by Gasteiger charge is -2.08. The number of halogens is 1. The maximum atomic E-state index is 13.7. The number of carbonyl (C=O) groups is 1. The van der Waals surface area contributed by atoms with Crippen LogP contribution in [0.25, 0.3) is 22.3 Å². The van der Waals surface area contributed by atoms with Crippen LogP contribution in [-0.4, -0.2) is 21.9 Å². The van der Waals surface area contributed by atoms with E-state index in [1.165, 1.54) is 6.07 Å². The molecule has 130 valence electrons. The molecule has 2 heterocycles. The second-order valence-corrected chi connectivity index (χ2v) is 6.46. The normalized spacial score (nSPS) is 11.2. The summed E-state index contributed by atoms with van der Waals surface area (Å²) in [5.41, 5.74) is 3.60. The first-order valence-corrected chi connectivity index (χ1v) is 8.55. The molecule has 0 radical (unpaired) electrons.